The van der Waals surface area contributed by atoms with Gasteiger partial charge in [-0.1, -0.05) is 19.6 Å². The summed E-state index contributed by atoms with van der Waals surface area (Å²) >= 11 is 0. The first kappa shape index (κ1) is 13.6. The van der Waals surface area contributed by atoms with Gasteiger partial charge >= 0.3 is 5.97 Å². The molecule has 0 radical (unpaired) electrons. The van der Waals surface area contributed by atoms with Crippen LogP contribution >= 0.6 is 0 Å². The number of hydrogen-bond acceptors (Lipinski definition) is 3. The first-order chi connectivity index (χ1) is 6.01. The Morgan fingerprint density at radius 3 is 2.00 bits per heavy atom. The number of esters is 1. The van der Waals surface area contributed by atoms with Crippen LogP contribution in [0.15, 0.2) is 0 Å². The molecule has 14 heavy (non-hydrogen) atoms. The number of rotatable bonds is 3. The highest BCUT2D eigenvalue weighted by atomic mass is 28.3. The average molecular weight is 217 g/mol. The number of ether oxygens (including phenoxy) is 1. The average Bonchev–Trinajstić information content (AvgIpc) is 1.78. The van der Waals surface area contributed by atoms with E-state index in [0.717, 1.165) is 0 Å². The Morgan fingerprint density at radius 2 is 1.71 bits per heavy atom. The molecule has 3 nitrogen and oxygen atoms in total. The Labute approximate surface area is 88.3 Å². The Hall–Kier alpha value is -0.353. The summed E-state index contributed by atoms with van der Waals surface area (Å²) in [5.74, 6) is -0.167. The molecule has 0 aromatic heterocycles. The molecule has 0 aliphatic heterocycles. The van der Waals surface area contributed by atoms with Gasteiger partial charge in [-0.2, -0.15) is 0 Å². The minimum Gasteiger partial charge on any atom is -0.459 e. The van der Waals surface area contributed by atoms with Gasteiger partial charge in [-0.05, 0) is 27.7 Å². The van der Waals surface area contributed by atoms with Gasteiger partial charge in [0.15, 0.2) is 0 Å². The monoisotopic (exact) mass is 217 g/mol. The molecule has 0 unspecified atom stereocenters. The van der Waals surface area contributed by atoms with Crippen molar-refractivity contribution >= 4 is 14.2 Å². The highest BCUT2D eigenvalue weighted by Gasteiger charge is 2.25. The van der Waals surface area contributed by atoms with Crippen molar-refractivity contribution < 1.29 is 9.53 Å². The van der Waals surface area contributed by atoms with Crippen molar-refractivity contribution in [3.63, 3.8) is 0 Å². The number of nitrogens with one attached hydrogen (secondary N) is 1. The minimum atomic E-state index is -1.41. The van der Waals surface area contributed by atoms with Crippen LogP contribution in [0.4, 0.5) is 0 Å². The third-order valence-corrected chi connectivity index (χ3v) is 2.71. The van der Waals surface area contributed by atoms with E-state index in [1.54, 1.807) is 0 Å². The van der Waals surface area contributed by atoms with E-state index < -0.39 is 13.8 Å². The predicted molar refractivity (Wildman–Crippen MR) is 61.8 cm³/mol. The van der Waals surface area contributed by atoms with Crippen molar-refractivity contribution in [2.75, 3.05) is 0 Å². The Morgan fingerprint density at radius 1 is 1.29 bits per heavy atom. The summed E-state index contributed by atoms with van der Waals surface area (Å²) in [7, 11) is -1.41. The molecule has 0 fully saturated rings. The van der Waals surface area contributed by atoms with Gasteiger partial charge in [-0.3, -0.25) is 4.79 Å². The first-order valence-corrected chi connectivity index (χ1v) is 8.52. The Balaban J connectivity index is 4.15. The van der Waals surface area contributed by atoms with Gasteiger partial charge in [0.2, 0.25) is 0 Å². The van der Waals surface area contributed by atoms with Gasteiger partial charge in [-0.25, -0.2) is 0 Å². The van der Waals surface area contributed by atoms with Crippen molar-refractivity contribution in [1.82, 2.24) is 4.98 Å². The SMILES string of the molecule is C[C@H](N[Si](C)(C)C)C(=O)OC(C)(C)C. The van der Waals surface area contributed by atoms with E-state index in [4.69, 9.17) is 4.74 Å². The molecule has 0 saturated carbocycles. The van der Waals surface area contributed by atoms with Crippen LogP contribution in [0.25, 0.3) is 0 Å². The third kappa shape index (κ3) is 7.09. The summed E-state index contributed by atoms with van der Waals surface area (Å²) in [6.45, 7) is 14.0. The molecule has 4 heteroatoms. The minimum absolute atomic E-state index is 0.167. The molecule has 0 bridgehead atoms. The third-order valence-electron chi connectivity index (χ3n) is 1.41. The Kier molecular flexibility index (Phi) is 4.33. The van der Waals surface area contributed by atoms with Crippen molar-refractivity contribution in [1.29, 1.82) is 0 Å². The van der Waals surface area contributed by atoms with Crippen molar-refractivity contribution in [3.8, 4) is 0 Å². The maximum Gasteiger partial charge on any atom is 0.322 e. The second-order valence-corrected chi connectivity index (χ2v) is 10.4. The molecule has 0 heterocycles. The maximum atomic E-state index is 11.6. The number of carbonyl (C=O) groups is 1. The molecule has 0 saturated heterocycles. The van der Waals surface area contributed by atoms with Crippen LogP contribution in [-0.2, 0) is 9.53 Å². The summed E-state index contributed by atoms with van der Waals surface area (Å²) in [5.41, 5.74) is -0.396. The van der Waals surface area contributed by atoms with Crippen molar-refractivity contribution in [3.05, 3.63) is 0 Å². The van der Waals surface area contributed by atoms with Crippen LogP contribution in [0.5, 0.6) is 0 Å². The van der Waals surface area contributed by atoms with E-state index in [-0.39, 0.29) is 12.0 Å². The van der Waals surface area contributed by atoms with Gasteiger partial charge in [-0.15, -0.1) is 0 Å². The lowest BCUT2D eigenvalue weighted by molar-refractivity contribution is -0.156. The van der Waals surface area contributed by atoms with Gasteiger partial charge in [0.25, 0.3) is 0 Å². The lowest BCUT2D eigenvalue weighted by atomic mass is 10.2. The van der Waals surface area contributed by atoms with Crippen LogP contribution < -0.4 is 4.98 Å². The van der Waals surface area contributed by atoms with Crippen molar-refractivity contribution in [2.24, 2.45) is 0 Å². The molecule has 1 N–H and O–H groups in total. The fourth-order valence-electron chi connectivity index (χ4n) is 1.10. The van der Waals surface area contributed by atoms with E-state index >= 15 is 0 Å². The standard InChI is InChI=1S/C10H23NO2Si/c1-8(11-14(5,6)7)9(12)13-10(2,3)4/h8,11H,1-7H3/t8-/m0/s1. The zero-order valence-corrected chi connectivity index (χ0v) is 11.4. The summed E-state index contributed by atoms with van der Waals surface area (Å²) in [5, 5.41) is 0. The molecule has 0 aromatic carbocycles. The van der Waals surface area contributed by atoms with E-state index in [0.29, 0.717) is 0 Å². The highest BCUT2D eigenvalue weighted by Crippen LogP contribution is 2.09. The van der Waals surface area contributed by atoms with Gasteiger partial charge in [0, 0.05) is 0 Å². The largest absolute Gasteiger partial charge is 0.459 e. The quantitative estimate of drug-likeness (QED) is 0.581. The fraction of sp³-hybridized carbons (Fsp3) is 0.900. The van der Waals surface area contributed by atoms with E-state index in [1.165, 1.54) is 0 Å². The summed E-state index contributed by atoms with van der Waals surface area (Å²) in [4.78, 5) is 14.9. The molecule has 0 aliphatic rings. The van der Waals surface area contributed by atoms with E-state index in [1.807, 2.05) is 27.7 Å². The number of carbonyl (C=O) groups excluding carboxylic acids is 1. The lowest BCUT2D eigenvalue weighted by Gasteiger charge is -2.26. The Bertz CT molecular complexity index is 203. The zero-order valence-electron chi connectivity index (χ0n) is 10.4. The molecule has 0 spiro atoms. The van der Waals surface area contributed by atoms with Crippen molar-refractivity contribution in [2.45, 2.75) is 59.0 Å². The summed E-state index contributed by atoms with van der Waals surface area (Å²) < 4.78 is 5.27. The topological polar surface area (TPSA) is 38.3 Å². The van der Waals surface area contributed by atoms with Gasteiger partial charge in [0.05, 0.1) is 6.04 Å². The van der Waals surface area contributed by atoms with E-state index in [2.05, 4.69) is 24.6 Å². The van der Waals surface area contributed by atoms with E-state index in [9.17, 15) is 4.79 Å². The molecule has 0 aliphatic carbocycles. The second-order valence-electron chi connectivity index (χ2n) is 5.65. The summed E-state index contributed by atoms with van der Waals surface area (Å²) in [6.07, 6.45) is 0. The molecule has 0 aromatic rings. The predicted octanol–water partition coefficient (Wildman–Crippen LogP) is 2.14. The molecule has 0 amide bonds. The molecular weight excluding hydrogens is 194 g/mol. The van der Waals surface area contributed by atoms with Gasteiger partial charge < -0.3 is 9.72 Å². The van der Waals surface area contributed by atoms with Crippen LogP contribution in [0, 0.1) is 0 Å². The van der Waals surface area contributed by atoms with Crippen LogP contribution in [0.2, 0.25) is 19.6 Å². The molecule has 1 atom stereocenters. The molecular formula is C10H23NO2Si. The first-order valence-electron chi connectivity index (χ1n) is 5.02. The number of hydrogen-bond donors (Lipinski definition) is 1. The zero-order chi connectivity index (χ0) is 11.6. The normalized spacial score (nSPS) is 15.1. The van der Waals surface area contributed by atoms with Gasteiger partial charge in [0.1, 0.15) is 13.8 Å². The summed E-state index contributed by atoms with van der Waals surface area (Å²) in [6, 6.07) is -0.208. The lowest BCUT2D eigenvalue weighted by Crippen LogP contribution is -2.51. The highest BCUT2D eigenvalue weighted by molar-refractivity contribution is 6.73. The smallest absolute Gasteiger partial charge is 0.322 e. The maximum absolute atomic E-state index is 11.6. The fourth-order valence-corrected chi connectivity index (χ4v) is 2.52. The second kappa shape index (κ2) is 4.44. The van der Waals surface area contributed by atoms with Crippen LogP contribution in [-0.4, -0.2) is 25.8 Å². The molecule has 0 rings (SSSR count). The van der Waals surface area contributed by atoms with Crippen LogP contribution in [0.3, 0.4) is 0 Å². The molecule has 84 valence electrons. The van der Waals surface area contributed by atoms with Crippen LogP contribution in [0.1, 0.15) is 27.7 Å².